The number of fused-ring (bicyclic) bond motifs is 3. The minimum atomic E-state index is -0.467. The van der Waals surface area contributed by atoms with Crippen LogP contribution in [0.5, 0.6) is 5.75 Å². The number of rotatable bonds is 9. The average Bonchev–Trinajstić information content (AvgIpc) is 3.19. The van der Waals surface area contributed by atoms with Crippen molar-refractivity contribution in [1.82, 2.24) is 4.57 Å². The van der Waals surface area contributed by atoms with E-state index < -0.39 is 5.97 Å². The normalized spacial score (nSPS) is 12.6. The standard InChI is InChI=1S/C30H32N2O5/c1-7-32-28-12-8-22(20(4)31-37-21(5)33)15-26(28)27-16-23(9-13-29(27)32)30(34)25-11-10-24(14-18(25)2)36-19(3)17-35-6/h8-16,19H,7,17H2,1-6H3/b31-20+. The Bertz CT molecular complexity index is 1520. The van der Waals surface area contributed by atoms with Crippen LogP contribution in [0.15, 0.2) is 59.8 Å². The summed E-state index contributed by atoms with van der Waals surface area (Å²) < 4.78 is 13.2. The number of benzene rings is 3. The second-order valence-corrected chi connectivity index (χ2v) is 9.16. The highest BCUT2D eigenvalue weighted by atomic mass is 16.7. The zero-order chi connectivity index (χ0) is 26.7. The highest BCUT2D eigenvalue weighted by Gasteiger charge is 2.17. The van der Waals surface area contributed by atoms with Crippen LogP contribution in [0.4, 0.5) is 0 Å². The molecule has 7 heteroatoms. The molecule has 0 radical (unpaired) electrons. The van der Waals surface area contributed by atoms with Crippen LogP contribution in [0.25, 0.3) is 21.8 Å². The van der Waals surface area contributed by atoms with E-state index in [2.05, 4.69) is 16.6 Å². The van der Waals surface area contributed by atoms with E-state index in [-0.39, 0.29) is 11.9 Å². The lowest BCUT2D eigenvalue weighted by Gasteiger charge is -2.15. The molecule has 37 heavy (non-hydrogen) atoms. The van der Waals surface area contributed by atoms with Crippen molar-refractivity contribution < 1.29 is 23.9 Å². The predicted octanol–water partition coefficient (Wildman–Crippen LogP) is 6.05. The molecular formula is C30H32N2O5. The zero-order valence-corrected chi connectivity index (χ0v) is 22.1. The third kappa shape index (κ3) is 5.42. The fourth-order valence-electron chi connectivity index (χ4n) is 4.62. The number of carbonyl (C=O) groups excluding carboxylic acids is 2. The van der Waals surface area contributed by atoms with Gasteiger partial charge in [0.2, 0.25) is 0 Å². The molecule has 4 aromatic rings. The Balaban J connectivity index is 1.74. The first kappa shape index (κ1) is 26.1. The van der Waals surface area contributed by atoms with Crippen LogP contribution >= 0.6 is 0 Å². The van der Waals surface area contributed by atoms with Gasteiger partial charge in [-0.2, -0.15) is 0 Å². The van der Waals surface area contributed by atoms with E-state index in [1.165, 1.54) is 6.92 Å². The maximum atomic E-state index is 13.5. The lowest BCUT2D eigenvalue weighted by atomic mass is 9.97. The third-order valence-electron chi connectivity index (χ3n) is 6.35. The van der Waals surface area contributed by atoms with Crippen molar-refractivity contribution in [2.24, 2.45) is 5.16 Å². The molecule has 3 aromatic carbocycles. The van der Waals surface area contributed by atoms with Crippen molar-refractivity contribution in [3.05, 3.63) is 76.9 Å². The molecule has 4 rings (SSSR count). The molecule has 1 atom stereocenters. The molecule has 1 heterocycles. The largest absolute Gasteiger partial charge is 0.488 e. The van der Waals surface area contributed by atoms with Gasteiger partial charge in [-0.15, -0.1) is 0 Å². The molecule has 0 aliphatic heterocycles. The molecule has 7 nitrogen and oxygen atoms in total. The summed E-state index contributed by atoms with van der Waals surface area (Å²) >= 11 is 0. The molecule has 0 bridgehead atoms. The SMILES string of the molecule is CCn1c2ccc(C(=O)c3ccc(OC(C)COC)cc3C)cc2c2cc(/C(C)=N/OC(C)=O)ccc21. The molecule has 192 valence electrons. The Morgan fingerprint density at radius 1 is 0.946 bits per heavy atom. The van der Waals surface area contributed by atoms with E-state index in [9.17, 15) is 9.59 Å². The topological polar surface area (TPSA) is 79.1 Å². The molecule has 0 amide bonds. The van der Waals surface area contributed by atoms with Crippen molar-refractivity contribution in [2.75, 3.05) is 13.7 Å². The number of ketones is 1. The molecule has 0 N–H and O–H groups in total. The molecule has 1 unspecified atom stereocenters. The second-order valence-electron chi connectivity index (χ2n) is 9.16. The smallest absolute Gasteiger partial charge is 0.331 e. The van der Waals surface area contributed by atoms with Crippen molar-refractivity contribution in [2.45, 2.75) is 47.3 Å². The minimum absolute atomic E-state index is 0.0444. The summed E-state index contributed by atoms with van der Waals surface area (Å²) in [6.07, 6.45) is -0.0863. The van der Waals surface area contributed by atoms with Gasteiger partial charge in [0.15, 0.2) is 5.78 Å². The van der Waals surface area contributed by atoms with E-state index in [0.717, 1.165) is 39.5 Å². The first-order valence-corrected chi connectivity index (χ1v) is 12.3. The Morgan fingerprint density at radius 3 is 2.19 bits per heavy atom. The van der Waals surface area contributed by atoms with Crippen LogP contribution < -0.4 is 4.74 Å². The predicted molar refractivity (Wildman–Crippen MR) is 146 cm³/mol. The fourth-order valence-corrected chi connectivity index (χ4v) is 4.62. The van der Waals surface area contributed by atoms with Gasteiger partial charge >= 0.3 is 5.97 Å². The van der Waals surface area contributed by atoms with Gasteiger partial charge in [-0.25, -0.2) is 4.79 Å². The summed E-state index contributed by atoms with van der Waals surface area (Å²) in [4.78, 5) is 29.5. The van der Waals surface area contributed by atoms with E-state index >= 15 is 0 Å². The highest BCUT2D eigenvalue weighted by molar-refractivity contribution is 6.16. The van der Waals surface area contributed by atoms with Crippen molar-refractivity contribution in [3.63, 3.8) is 0 Å². The third-order valence-corrected chi connectivity index (χ3v) is 6.35. The van der Waals surface area contributed by atoms with E-state index in [0.29, 0.717) is 29.2 Å². The number of hydrogen-bond acceptors (Lipinski definition) is 6. The quantitative estimate of drug-likeness (QED) is 0.121. The van der Waals surface area contributed by atoms with Crippen molar-refractivity contribution in [3.8, 4) is 5.75 Å². The molecule has 1 aromatic heterocycles. The molecule has 0 saturated carbocycles. The number of carbonyl (C=O) groups is 2. The summed E-state index contributed by atoms with van der Waals surface area (Å²) in [7, 11) is 1.64. The van der Waals surface area contributed by atoms with Crippen LogP contribution in [0, 0.1) is 6.92 Å². The summed E-state index contributed by atoms with van der Waals surface area (Å²) in [6, 6.07) is 17.4. The van der Waals surface area contributed by atoms with Gasteiger partial charge in [-0.05, 0) is 87.4 Å². The van der Waals surface area contributed by atoms with Gasteiger partial charge in [0.1, 0.15) is 11.9 Å². The van der Waals surface area contributed by atoms with E-state index in [4.69, 9.17) is 14.3 Å². The number of ether oxygens (including phenoxy) is 2. The van der Waals surface area contributed by atoms with Crippen molar-refractivity contribution >= 4 is 39.3 Å². The summed E-state index contributed by atoms with van der Waals surface area (Å²) in [5.41, 5.74) is 5.65. The number of aryl methyl sites for hydroxylation is 2. The number of nitrogens with zero attached hydrogens (tertiary/aromatic N) is 2. The van der Waals surface area contributed by atoms with Gasteiger partial charge in [0.25, 0.3) is 0 Å². The molecule has 0 saturated heterocycles. The lowest BCUT2D eigenvalue weighted by Crippen LogP contribution is -2.18. The van der Waals surface area contributed by atoms with Crippen LogP contribution in [0.1, 0.15) is 54.7 Å². The Hall–Kier alpha value is -3.97. The van der Waals surface area contributed by atoms with E-state index in [1.807, 2.05) is 68.4 Å². The molecular weight excluding hydrogens is 468 g/mol. The van der Waals surface area contributed by atoms with Gasteiger partial charge in [0, 0.05) is 53.5 Å². The van der Waals surface area contributed by atoms with Crippen LogP contribution in [-0.4, -0.2) is 41.9 Å². The van der Waals surface area contributed by atoms with Gasteiger partial charge in [-0.1, -0.05) is 11.2 Å². The second kappa shape index (κ2) is 11.0. The maximum Gasteiger partial charge on any atom is 0.331 e. The van der Waals surface area contributed by atoms with Crippen LogP contribution in [-0.2, 0) is 20.9 Å². The fraction of sp³-hybridized carbons (Fsp3) is 0.300. The molecule has 0 aliphatic rings. The average molecular weight is 501 g/mol. The summed E-state index contributed by atoms with van der Waals surface area (Å²) in [5.74, 6) is 0.195. The molecule has 0 fully saturated rings. The first-order chi connectivity index (χ1) is 17.7. The Kier molecular flexibility index (Phi) is 7.74. The van der Waals surface area contributed by atoms with Gasteiger partial charge in [-0.3, -0.25) is 4.79 Å². The van der Waals surface area contributed by atoms with E-state index in [1.54, 1.807) is 14.0 Å². The van der Waals surface area contributed by atoms with Crippen LogP contribution in [0.2, 0.25) is 0 Å². The summed E-state index contributed by atoms with van der Waals surface area (Å²) in [6.45, 7) is 10.3. The summed E-state index contributed by atoms with van der Waals surface area (Å²) in [5, 5.41) is 5.92. The Morgan fingerprint density at radius 2 is 1.59 bits per heavy atom. The first-order valence-electron chi connectivity index (χ1n) is 12.3. The number of aromatic nitrogens is 1. The minimum Gasteiger partial charge on any atom is -0.488 e. The monoisotopic (exact) mass is 500 g/mol. The molecule has 0 aliphatic carbocycles. The molecule has 0 spiro atoms. The maximum absolute atomic E-state index is 13.5. The van der Waals surface area contributed by atoms with Crippen molar-refractivity contribution in [1.29, 1.82) is 0 Å². The zero-order valence-electron chi connectivity index (χ0n) is 22.1. The lowest BCUT2D eigenvalue weighted by molar-refractivity contribution is -0.140. The number of hydrogen-bond donors (Lipinski definition) is 0. The number of oxime groups is 1. The highest BCUT2D eigenvalue weighted by Crippen LogP contribution is 2.32. The van der Waals surface area contributed by atoms with Gasteiger partial charge < -0.3 is 18.9 Å². The van der Waals surface area contributed by atoms with Crippen LogP contribution in [0.3, 0.4) is 0 Å². The number of methoxy groups -OCH3 is 1. The Labute approximate surface area is 216 Å². The van der Waals surface area contributed by atoms with Gasteiger partial charge in [0.05, 0.1) is 12.3 Å².